The predicted octanol–water partition coefficient (Wildman–Crippen LogP) is 28.4. The Labute approximate surface area is 629 Å². The van der Waals surface area contributed by atoms with Crippen molar-refractivity contribution in [3.8, 4) is 0 Å². The molecule has 0 aliphatic carbocycles. The third kappa shape index (κ3) is 84.3. The van der Waals surface area contributed by atoms with Gasteiger partial charge in [-0.2, -0.15) is 0 Å². The summed E-state index contributed by atoms with van der Waals surface area (Å²) in [5.41, 5.74) is 0. The van der Waals surface area contributed by atoms with Gasteiger partial charge in [0, 0.05) is 12.8 Å². The van der Waals surface area contributed by atoms with E-state index < -0.39 is 26.5 Å². The molecule has 0 aliphatic rings. The van der Waals surface area contributed by atoms with Crippen LogP contribution in [0.25, 0.3) is 0 Å². The third-order valence-corrected chi connectivity index (χ3v) is 18.7. The molecular formula is C92H157NO8P+. The van der Waals surface area contributed by atoms with Crippen LogP contribution in [0.15, 0.2) is 170 Å². The molecule has 0 saturated heterocycles. The van der Waals surface area contributed by atoms with Gasteiger partial charge in [-0.05, 0) is 128 Å². The first kappa shape index (κ1) is 97.4. The molecule has 1 N–H and O–H groups in total. The van der Waals surface area contributed by atoms with Gasteiger partial charge in [0.15, 0.2) is 6.10 Å². The fraction of sp³-hybridized carbons (Fsp3) is 0.674. The second-order valence-corrected chi connectivity index (χ2v) is 30.2. The van der Waals surface area contributed by atoms with Gasteiger partial charge in [-0.15, -0.1) is 0 Å². The van der Waals surface area contributed by atoms with Crippen molar-refractivity contribution in [2.75, 3.05) is 47.5 Å². The van der Waals surface area contributed by atoms with E-state index >= 15 is 0 Å². The van der Waals surface area contributed by atoms with Crippen molar-refractivity contribution in [1.82, 2.24) is 0 Å². The molecule has 0 rings (SSSR count). The van der Waals surface area contributed by atoms with Crippen molar-refractivity contribution in [2.45, 2.75) is 354 Å². The molecule has 0 spiro atoms. The van der Waals surface area contributed by atoms with Gasteiger partial charge in [-0.25, -0.2) is 4.57 Å². The molecule has 0 aromatic carbocycles. The summed E-state index contributed by atoms with van der Waals surface area (Å²) in [6.45, 7) is 4.22. The van der Waals surface area contributed by atoms with Crippen LogP contribution in [-0.2, 0) is 32.7 Å². The van der Waals surface area contributed by atoms with Crippen LogP contribution in [0.4, 0.5) is 0 Å². The summed E-state index contributed by atoms with van der Waals surface area (Å²) in [6.07, 6.45) is 122. The van der Waals surface area contributed by atoms with Crippen LogP contribution in [0.5, 0.6) is 0 Å². The summed E-state index contributed by atoms with van der Waals surface area (Å²) in [4.78, 5) is 36.0. The van der Waals surface area contributed by atoms with E-state index in [0.717, 1.165) is 135 Å². The fourth-order valence-corrected chi connectivity index (χ4v) is 12.2. The van der Waals surface area contributed by atoms with E-state index in [4.69, 9.17) is 18.5 Å². The van der Waals surface area contributed by atoms with Crippen LogP contribution < -0.4 is 0 Å². The number of phosphoric ester groups is 1. The number of phosphoric acid groups is 1. The number of rotatable bonds is 76. The van der Waals surface area contributed by atoms with E-state index in [2.05, 4.69) is 184 Å². The number of carbonyl (C=O) groups is 2. The van der Waals surface area contributed by atoms with Gasteiger partial charge in [0.2, 0.25) is 0 Å². The fourth-order valence-electron chi connectivity index (χ4n) is 11.5. The van der Waals surface area contributed by atoms with Gasteiger partial charge in [0.1, 0.15) is 19.8 Å². The number of hydrogen-bond donors (Lipinski definition) is 1. The Morgan fingerprint density at radius 3 is 0.784 bits per heavy atom. The van der Waals surface area contributed by atoms with Crippen LogP contribution in [0.3, 0.4) is 0 Å². The summed E-state index contributed by atoms with van der Waals surface area (Å²) in [7, 11) is 1.47. The number of carbonyl (C=O) groups excluding carboxylic acids is 2. The van der Waals surface area contributed by atoms with Gasteiger partial charge < -0.3 is 18.9 Å². The molecule has 0 aromatic heterocycles. The van der Waals surface area contributed by atoms with E-state index in [0.29, 0.717) is 17.4 Å². The van der Waals surface area contributed by atoms with Gasteiger partial charge in [0.05, 0.1) is 27.7 Å². The number of ether oxygens (including phenoxy) is 2. The standard InChI is InChI=1S/C92H156NO8P/c1-6-8-10-12-14-16-18-20-22-24-26-28-30-32-34-36-38-40-42-44-46-48-50-52-54-56-58-60-62-64-66-68-70-72-74-76-78-80-82-84-91(94)98-88-90(89-100-102(96,97)99-87-86-93(3,4)5)101-92(95)85-83-81-79-77-75-73-71-69-67-65-63-61-59-57-55-53-51-49-47-45-43-41-39-37-35-33-31-29-27-25-23-21-19-17-15-13-11-9-7-2/h8-11,14-17,20-23,26-29,33,35,39,41,45,47,51,53,57,59,63,65,90H,6-7,12-13,18-19,24-25,30-32,34,36-38,40,42-44,46,48-50,52,54-56,58,60-62,64,66-89H2,1-5H3/p+1/b10-8-,11-9-,16-14-,17-15-,22-20-,23-21-,28-26-,29-27-,35-33-,41-39-,47-45-,53-51-,59-57-,65-63-. The topological polar surface area (TPSA) is 108 Å². The Morgan fingerprint density at radius 2 is 0.529 bits per heavy atom. The highest BCUT2D eigenvalue weighted by molar-refractivity contribution is 7.47. The second-order valence-electron chi connectivity index (χ2n) is 28.7. The smallest absolute Gasteiger partial charge is 0.462 e. The minimum atomic E-state index is -4.41. The lowest BCUT2D eigenvalue weighted by Crippen LogP contribution is -2.37. The molecule has 0 heterocycles. The maximum Gasteiger partial charge on any atom is 0.472 e. The lowest BCUT2D eigenvalue weighted by atomic mass is 10.0. The maximum atomic E-state index is 12.9. The van der Waals surface area contributed by atoms with Crippen LogP contribution in [0, 0.1) is 0 Å². The SMILES string of the molecule is CC/C=C\C/C=C\C/C=C\C/C=C\C/C=C\C/C=C\C/C=C\C/C=C\C/C=C\C/C=C\CCCCCCCCCCC(=O)OC(COC(=O)CCCCCCCCCCCCCCCCCCCCCCCCCCCC/C=C\C/C=C\C/C=C\C/C=C\CC)COP(=O)(O)OCC[N+](C)(C)C. The molecule has 102 heavy (non-hydrogen) atoms. The van der Waals surface area contributed by atoms with E-state index in [1.807, 2.05) is 21.1 Å². The molecule has 10 heteroatoms. The van der Waals surface area contributed by atoms with Gasteiger partial charge in [0.25, 0.3) is 0 Å². The minimum absolute atomic E-state index is 0.0243. The average molecular weight is 1440 g/mol. The Hall–Kier alpha value is -4.63. The summed E-state index contributed by atoms with van der Waals surface area (Å²) >= 11 is 0. The van der Waals surface area contributed by atoms with E-state index in [1.165, 1.54) is 180 Å². The second kappa shape index (κ2) is 80.5. The van der Waals surface area contributed by atoms with Crippen LogP contribution in [-0.4, -0.2) is 74.9 Å². The molecule has 0 saturated carbocycles. The van der Waals surface area contributed by atoms with E-state index in [-0.39, 0.29) is 32.0 Å². The number of nitrogens with zero attached hydrogens (tertiary/aromatic N) is 1. The predicted molar refractivity (Wildman–Crippen MR) is 445 cm³/mol. The van der Waals surface area contributed by atoms with Gasteiger partial charge in [-0.3, -0.25) is 18.6 Å². The number of likely N-dealkylation sites (N-methyl/N-ethyl adjacent to an activating group) is 1. The van der Waals surface area contributed by atoms with Crippen molar-refractivity contribution in [3.63, 3.8) is 0 Å². The first-order valence-corrected chi connectivity index (χ1v) is 43.4. The van der Waals surface area contributed by atoms with Crippen LogP contribution in [0.2, 0.25) is 0 Å². The zero-order valence-corrected chi connectivity index (χ0v) is 67.4. The zero-order valence-electron chi connectivity index (χ0n) is 66.5. The zero-order chi connectivity index (χ0) is 74.0. The monoisotopic (exact) mass is 1440 g/mol. The molecule has 0 radical (unpaired) electrons. The summed E-state index contributed by atoms with van der Waals surface area (Å²) in [5, 5.41) is 0. The average Bonchev–Trinajstić information content (AvgIpc) is 0.914. The molecule has 582 valence electrons. The van der Waals surface area contributed by atoms with Crippen LogP contribution in [0.1, 0.15) is 348 Å². The Bertz CT molecular complexity index is 2340. The van der Waals surface area contributed by atoms with Gasteiger partial charge in [-0.1, -0.05) is 377 Å². The van der Waals surface area contributed by atoms with Crippen molar-refractivity contribution >= 4 is 19.8 Å². The number of quaternary nitrogens is 1. The van der Waals surface area contributed by atoms with Crippen molar-refractivity contribution in [2.24, 2.45) is 0 Å². The molecule has 0 bridgehead atoms. The number of hydrogen-bond acceptors (Lipinski definition) is 7. The summed E-state index contributed by atoms with van der Waals surface area (Å²) in [6, 6.07) is 0. The quantitative estimate of drug-likeness (QED) is 0.0211. The molecule has 0 aromatic rings. The molecule has 0 fully saturated rings. The minimum Gasteiger partial charge on any atom is -0.462 e. The maximum absolute atomic E-state index is 12.9. The first-order valence-electron chi connectivity index (χ1n) is 41.9. The van der Waals surface area contributed by atoms with E-state index in [9.17, 15) is 19.0 Å². The first-order chi connectivity index (χ1) is 50.0. The van der Waals surface area contributed by atoms with E-state index in [1.54, 1.807) is 0 Å². The highest BCUT2D eigenvalue weighted by atomic mass is 31.2. The van der Waals surface area contributed by atoms with Crippen LogP contribution >= 0.6 is 7.82 Å². The van der Waals surface area contributed by atoms with Gasteiger partial charge >= 0.3 is 19.8 Å². The Kier molecular flexibility index (Phi) is 76.8. The third-order valence-electron chi connectivity index (χ3n) is 17.7. The molecular weight excluding hydrogens is 1280 g/mol. The molecule has 2 atom stereocenters. The highest BCUT2D eigenvalue weighted by Gasteiger charge is 2.27. The number of unbranched alkanes of at least 4 members (excludes halogenated alkanes) is 34. The Morgan fingerprint density at radius 1 is 0.304 bits per heavy atom. The Balaban J connectivity index is 3.99. The summed E-state index contributed by atoms with van der Waals surface area (Å²) in [5.74, 6) is -0.803. The highest BCUT2D eigenvalue weighted by Crippen LogP contribution is 2.43. The lowest BCUT2D eigenvalue weighted by molar-refractivity contribution is -0.870. The summed E-state index contributed by atoms with van der Waals surface area (Å²) < 4.78 is 34.8. The lowest BCUT2D eigenvalue weighted by Gasteiger charge is -2.24. The molecule has 9 nitrogen and oxygen atoms in total. The normalized spacial score (nSPS) is 13.9. The molecule has 0 aliphatic heterocycles. The number of allylic oxidation sites excluding steroid dienone is 28. The van der Waals surface area contributed by atoms with Crippen molar-refractivity contribution in [3.05, 3.63) is 170 Å². The van der Waals surface area contributed by atoms with Crippen molar-refractivity contribution < 1.29 is 42.1 Å². The largest absolute Gasteiger partial charge is 0.472 e. The molecule has 0 amide bonds. The number of esters is 2. The van der Waals surface area contributed by atoms with Crippen molar-refractivity contribution in [1.29, 1.82) is 0 Å². The molecule has 2 unspecified atom stereocenters.